The molecule has 0 radical (unpaired) electrons. The van der Waals surface area contributed by atoms with Gasteiger partial charge >= 0.3 is 0 Å². The lowest BCUT2D eigenvalue weighted by Crippen LogP contribution is -2.14. The molecule has 3 aromatic rings. The molecule has 8 heteroatoms. The number of nitriles is 1. The van der Waals surface area contributed by atoms with Crippen LogP contribution in [0.1, 0.15) is 5.56 Å². The molecule has 134 valence electrons. The third kappa shape index (κ3) is 3.77. The van der Waals surface area contributed by atoms with E-state index < -0.39 is 0 Å². The van der Waals surface area contributed by atoms with E-state index in [0.717, 1.165) is 5.39 Å². The van der Waals surface area contributed by atoms with Gasteiger partial charge in [-0.25, -0.2) is 4.98 Å². The molecule has 0 bridgehead atoms. The van der Waals surface area contributed by atoms with Crippen molar-refractivity contribution in [3.05, 3.63) is 53.1 Å². The van der Waals surface area contributed by atoms with Crippen molar-refractivity contribution in [3.8, 4) is 17.6 Å². The molecule has 6 nitrogen and oxygen atoms in total. The highest BCUT2D eigenvalue weighted by atomic mass is 35.5. The van der Waals surface area contributed by atoms with Crippen LogP contribution in [0.4, 0.5) is 5.69 Å². The summed E-state index contributed by atoms with van der Waals surface area (Å²) in [4.78, 5) is 16.7. The average molecular weight is 398 g/mol. The zero-order valence-electron chi connectivity index (χ0n) is 13.9. The number of hydrogen-bond acceptors (Lipinski definition) is 6. The van der Waals surface area contributed by atoms with Crippen LogP contribution in [-0.4, -0.2) is 23.4 Å². The van der Waals surface area contributed by atoms with Gasteiger partial charge in [-0.1, -0.05) is 29.4 Å². The lowest BCUT2D eigenvalue weighted by Gasteiger charge is -2.08. The summed E-state index contributed by atoms with van der Waals surface area (Å²) in [6.45, 7) is 0.169. The summed E-state index contributed by atoms with van der Waals surface area (Å²) in [7, 11) is 0. The average Bonchev–Trinajstić information content (AvgIpc) is 3.11. The summed E-state index contributed by atoms with van der Waals surface area (Å²) in [5, 5.41) is 14.0. The molecular weight excluding hydrogens is 386 g/mol. The number of pyridine rings is 1. The summed E-state index contributed by atoms with van der Waals surface area (Å²) in [6, 6.07) is 14.4. The number of amides is 1. The van der Waals surface area contributed by atoms with Gasteiger partial charge in [-0.15, -0.1) is 0 Å². The van der Waals surface area contributed by atoms with E-state index in [4.69, 9.17) is 21.1 Å². The molecule has 0 aliphatic carbocycles. The van der Waals surface area contributed by atoms with Crippen LogP contribution in [0.2, 0.25) is 5.02 Å². The molecule has 1 aromatic heterocycles. The SMILES string of the molecule is N#Cc1cc2cc3c(cc2nc1SCC(=O)Nc1cccc(Cl)c1)OCO3. The number of nitrogens with zero attached hydrogens (tertiary/aromatic N) is 2. The number of carbonyl (C=O) groups excluding carboxylic acids is 1. The first-order valence-corrected chi connectivity index (χ1v) is 9.31. The number of nitrogens with one attached hydrogen (secondary N) is 1. The number of thioether (sulfide) groups is 1. The molecule has 0 atom stereocenters. The Hall–Kier alpha value is -2.95. The zero-order chi connectivity index (χ0) is 18.8. The number of fused-ring (bicyclic) bond motifs is 2. The maximum Gasteiger partial charge on any atom is 0.234 e. The molecule has 1 amide bonds. The smallest absolute Gasteiger partial charge is 0.234 e. The fraction of sp³-hybridized carbons (Fsp3) is 0.105. The second kappa shape index (κ2) is 7.35. The van der Waals surface area contributed by atoms with Crippen molar-refractivity contribution in [1.29, 1.82) is 5.26 Å². The monoisotopic (exact) mass is 397 g/mol. The number of ether oxygens (including phenoxy) is 2. The normalized spacial score (nSPS) is 12.0. The highest BCUT2D eigenvalue weighted by molar-refractivity contribution is 8.00. The van der Waals surface area contributed by atoms with Crippen LogP contribution in [0.3, 0.4) is 0 Å². The van der Waals surface area contributed by atoms with Crippen molar-refractivity contribution in [2.24, 2.45) is 0 Å². The number of benzene rings is 2. The Morgan fingerprint density at radius 2 is 2.07 bits per heavy atom. The van der Waals surface area contributed by atoms with Crippen molar-refractivity contribution in [1.82, 2.24) is 4.98 Å². The van der Waals surface area contributed by atoms with Crippen LogP contribution >= 0.6 is 23.4 Å². The van der Waals surface area contributed by atoms with Gasteiger partial charge in [0.15, 0.2) is 11.5 Å². The standard InChI is InChI=1S/C19H12ClN3O3S/c20-13-2-1-3-14(6-13)22-18(24)9-27-19-12(8-21)4-11-5-16-17(26-10-25-16)7-15(11)23-19/h1-7H,9-10H2,(H,22,24). The minimum atomic E-state index is -0.209. The lowest BCUT2D eigenvalue weighted by molar-refractivity contribution is -0.113. The predicted molar refractivity (Wildman–Crippen MR) is 103 cm³/mol. The fourth-order valence-corrected chi connectivity index (χ4v) is 3.59. The van der Waals surface area contributed by atoms with Gasteiger partial charge in [0.05, 0.1) is 16.8 Å². The Morgan fingerprint density at radius 3 is 2.85 bits per heavy atom. The van der Waals surface area contributed by atoms with Gasteiger partial charge in [0, 0.05) is 22.2 Å². The minimum Gasteiger partial charge on any atom is -0.454 e. The second-order valence-corrected chi connectivity index (χ2v) is 7.10. The summed E-state index contributed by atoms with van der Waals surface area (Å²) in [5.41, 5.74) is 1.70. The fourth-order valence-electron chi connectivity index (χ4n) is 2.63. The maximum absolute atomic E-state index is 12.2. The van der Waals surface area contributed by atoms with Gasteiger partial charge in [-0.05, 0) is 30.3 Å². The molecule has 2 aromatic carbocycles. The molecule has 0 fully saturated rings. The van der Waals surface area contributed by atoms with E-state index in [9.17, 15) is 10.1 Å². The first-order valence-electron chi connectivity index (χ1n) is 7.95. The van der Waals surface area contributed by atoms with Gasteiger partial charge in [-0.3, -0.25) is 4.79 Å². The molecule has 1 aliphatic rings. The van der Waals surface area contributed by atoms with Crippen molar-refractivity contribution >= 4 is 45.9 Å². The van der Waals surface area contributed by atoms with Crippen LogP contribution < -0.4 is 14.8 Å². The second-order valence-electron chi connectivity index (χ2n) is 5.70. The van der Waals surface area contributed by atoms with Gasteiger partial charge in [0.1, 0.15) is 11.1 Å². The van der Waals surface area contributed by atoms with Gasteiger partial charge in [-0.2, -0.15) is 5.26 Å². The van der Waals surface area contributed by atoms with Crippen LogP contribution in [0.25, 0.3) is 10.9 Å². The molecular formula is C19H12ClN3O3S. The van der Waals surface area contributed by atoms with Crippen LogP contribution in [0.15, 0.2) is 47.5 Å². The highest BCUT2D eigenvalue weighted by Gasteiger charge is 2.17. The first-order chi connectivity index (χ1) is 13.1. The Bertz CT molecular complexity index is 1100. The van der Waals surface area contributed by atoms with Crippen LogP contribution in [0, 0.1) is 11.3 Å². The third-order valence-corrected chi connectivity index (χ3v) is 5.07. The molecule has 0 spiro atoms. The van der Waals surface area contributed by atoms with Crippen molar-refractivity contribution in [2.45, 2.75) is 5.03 Å². The van der Waals surface area contributed by atoms with E-state index in [-0.39, 0.29) is 18.5 Å². The van der Waals surface area contributed by atoms with Crippen molar-refractivity contribution < 1.29 is 14.3 Å². The van der Waals surface area contributed by atoms with Crippen molar-refractivity contribution in [3.63, 3.8) is 0 Å². The van der Waals surface area contributed by atoms with Gasteiger partial charge in [0.25, 0.3) is 0 Å². The molecule has 2 heterocycles. The van der Waals surface area contributed by atoms with Crippen molar-refractivity contribution in [2.75, 3.05) is 17.9 Å². The Morgan fingerprint density at radius 1 is 1.26 bits per heavy atom. The topological polar surface area (TPSA) is 84.2 Å². The van der Waals surface area contributed by atoms with E-state index in [0.29, 0.717) is 38.3 Å². The number of aromatic nitrogens is 1. The number of hydrogen-bond donors (Lipinski definition) is 1. The lowest BCUT2D eigenvalue weighted by atomic mass is 10.1. The number of halogens is 1. The molecule has 1 aliphatic heterocycles. The summed E-state index contributed by atoms with van der Waals surface area (Å²) in [5.74, 6) is 1.16. The number of carbonyl (C=O) groups is 1. The summed E-state index contributed by atoms with van der Waals surface area (Å²) < 4.78 is 10.7. The summed E-state index contributed by atoms with van der Waals surface area (Å²) >= 11 is 7.12. The van der Waals surface area contributed by atoms with Crippen LogP contribution in [-0.2, 0) is 4.79 Å². The third-order valence-electron chi connectivity index (χ3n) is 3.84. The molecule has 0 saturated heterocycles. The molecule has 0 saturated carbocycles. The largest absolute Gasteiger partial charge is 0.454 e. The van der Waals surface area contributed by atoms with E-state index in [1.807, 2.05) is 0 Å². The molecule has 0 unspecified atom stereocenters. The Labute approximate surface area is 164 Å². The van der Waals surface area contributed by atoms with Gasteiger partial charge < -0.3 is 14.8 Å². The quantitative estimate of drug-likeness (QED) is 0.663. The molecule has 27 heavy (non-hydrogen) atoms. The molecule has 4 rings (SSSR count). The van der Waals surface area contributed by atoms with E-state index in [1.54, 1.807) is 42.5 Å². The zero-order valence-corrected chi connectivity index (χ0v) is 15.4. The van der Waals surface area contributed by atoms with E-state index in [1.165, 1.54) is 11.8 Å². The molecule has 1 N–H and O–H groups in total. The maximum atomic E-state index is 12.2. The first kappa shape index (κ1) is 17.5. The van der Waals surface area contributed by atoms with Gasteiger partial charge in [0.2, 0.25) is 12.7 Å². The number of anilines is 1. The van der Waals surface area contributed by atoms with E-state index >= 15 is 0 Å². The Balaban J connectivity index is 1.53. The highest BCUT2D eigenvalue weighted by Crippen LogP contribution is 2.37. The summed E-state index contributed by atoms with van der Waals surface area (Å²) in [6.07, 6.45) is 0. The van der Waals surface area contributed by atoms with E-state index in [2.05, 4.69) is 16.4 Å². The van der Waals surface area contributed by atoms with Crippen LogP contribution in [0.5, 0.6) is 11.5 Å². The number of rotatable bonds is 4. The predicted octanol–water partition coefficient (Wildman–Crippen LogP) is 4.22. The Kier molecular flexibility index (Phi) is 4.75. The minimum absolute atomic E-state index is 0.115.